The average molecular weight is 254 g/mol. The van der Waals surface area contributed by atoms with E-state index < -0.39 is 0 Å². The molecule has 0 bridgehead atoms. The Balaban J connectivity index is 2.03. The molecule has 1 aromatic rings. The zero-order valence-electron chi connectivity index (χ0n) is 10.0. The minimum Gasteiger partial charge on any atom is -0.455 e. The number of hydrogen-bond acceptors (Lipinski definition) is 4. The van der Waals surface area contributed by atoms with Gasteiger partial charge in [-0.1, -0.05) is 6.92 Å². The monoisotopic (exact) mass is 254 g/mol. The quantitative estimate of drug-likeness (QED) is 0.892. The van der Waals surface area contributed by atoms with Crippen molar-refractivity contribution >= 4 is 17.7 Å². The Labute approximate surface area is 106 Å². The maximum atomic E-state index is 12.2. The summed E-state index contributed by atoms with van der Waals surface area (Å²) in [5.41, 5.74) is 5.46. The van der Waals surface area contributed by atoms with Crippen LogP contribution in [-0.4, -0.2) is 34.9 Å². The molecule has 94 valence electrons. The Morgan fingerprint density at radius 2 is 2.47 bits per heavy atom. The second-order valence-corrected chi connectivity index (χ2v) is 5.53. The molecule has 4 nitrogen and oxygen atoms in total. The molecule has 2 N–H and O–H groups in total. The fraction of sp³-hybridized carbons (Fsp3) is 0.583. The first-order valence-electron chi connectivity index (χ1n) is 5.94. The summed E-state index contributed by atoms with van der Waals surface area (Å²) in [6.45, 7) is 4.11. The number of thioether (sulfide) groups is 1. The van der Waals surface area contributed by atoms with Crippen LogP contribution < -0.4 is 5.73 Å². The molecule has 2 rings (SSSR count). The van der Waals surface area contributed by atoms with Gasteiger partial charge in [-0.3, -0.25) is 4.79 Å². The molecule has 1 aromatic heterocycles. The first-order valence-corrected chi connectivity index (χ1v) is 6.99. The van der Waals surface area contributed by atoms with Crippen molar-refractivity contribution in [1.29, 1.82) is 0 Å². The molecule has 1 aliphatic heterocycles. The molecule has 0 saturated carbocycles. The molecule has 1 fully saturated rings. The Morgan fingerprint density at radius 3 is 3.12 bits per heavy atom. The highest BCUT2D eigenvalue weighted by Crippen LogP contribution is 2.22. The number of amides is 1. The largest absolute Gasteiger partial charge is 0.455 e. The highest BCUT2D eigenvalue weighted by molar-refractivity contribution is 8.00. The van der Waals surface area contributed by atoms with Gasteiger partial charge in [0.1, 0.15) is 5.76 Å². The van der Waals surface area contributed by atoms with Crippen LogP contribution in [0.25, 0.3) is 0 Å². The third kappa shape index (κ3) is 2.84. The summed E-state index contributed by atoms with van der Waals surface area (Å²) in [5, 5.41) is 0.552. The van der Waals surface area contributed by atoms with Crippen LogP contribution in [0.3, 0.4) is 0 Å². The van der Waals surface area contributed by atoms with E-state index >= 15 is 0 Å². The summed E-state index contributed by atoms with van der Waals surface area (Å²) in [4.78, 5) is 14.1. The Hall–Kier alpha value is -0.940. The van der Waals surface area contributed by atoms with Crippen LogP contribution in [0.2, 0.25) is 0 Å². The van der Waals surface area contributed by atoms with E-state index in [9.17, 15) is 4.79 Å². The number of hydrogen-bond donors (Lipinski definition) is 1. The Bertz CT molecular complexity index is 392. The zero-order chi connectivity index (χ0) is 12.3. The van der Waals surface area contributed by atoms with E-state index in [1.54, 1.807) is 12.1 Å². The summed E-state index contributed by atoms with van der Waals surface area (Å²) in [5.74, 6) is 2.07. The van der Waals surface area contributed by atoms with Gasteiger partial charge in [-0.15, -0.1) is 0 Å². The molecular formula is C12H18N2O2S. The van der Waals surface area contributed by atoms with E-state index in [0.717, 1.165) is 25.3 Å². The van der Waals surface area contributed by atoms with Crippen molar-refractivity contribution in [3.8, 4) is 0 Å². The van der Waals surface area contributed by atoms with Crippen LogP contribution in [0.4, 0.5) is 0 Å². The van der Waals surface area contributed by atoms with Crippen molar-refractivity contribution in [3.05, 3.63) is 23.7 Å². The zero-order valence-corrected chi connectivity index (χ0v) is 10.8. The lowest BCUT2D eigenvalue weighted by Gasteiger charge is -2.31. The van der Waals surface area contributed by atoms with Crippen molar-refractivity contribution in [1.82, 2.24) is 4.90 Å². The van der Waals surface area contributed by atoms with Gasteiger partial charge in [0.25, 0.3) is 5.91 Å². The number of nitrogens with two attached hydrogens (primary N) is 1. The van der Waals surface area contributed by atoms with Gasteiger partial charge in [-0.25, -0.2) is 0 Å². The van der Waals surface area contributed by atoms with Gasteiger partial charge in [0.15, 0.2) is 5.76 Å². The van der Waals surface area contributed by atoms with E-state index in [-0.39, 0.29) is 5.91 Å². The van der Waals surface area contributed by atoms with Crippen LogP contribution in [0.15, 0.2) is 16.5 Å². The van der Waals surface area contributed by atoms with Gasteiger partial charge in [0.2, 0.25) is 0 Å². The summed E-state index contributed by atoms with van der Waals surface area (Å²) in [6.07, 6.45) is 1.10. The van der Waals surface area contributed by atoms with Crippen molar-refractivity contribution in [2.24, 2.45) is 5.73 Å². The summed E-state index contributed by atoms with van der Waals surface area (Å²) in [7, 11) is 0. The predicted octanol–water partition coefficient (Wildman–Crippen LogP) is 1.71. The normalized spacial score (nSPS) is 20.6. The number of carbonyl (C=O) groups is 1. The van der Waals surface area contributed by atoms with Crippen LogP contribution in [0, 0.1) is 0 Å². The first-order chi connectivity index (χ1) is 8.24. The molecule has 0 unspecified atom stereocenters. The van der Waals surface area contributed by atoms with E-state index in [1.807, 2.05) is 16.7 Å². The fourth-order valence-electron chi connectivity index (χ4n) is 1.91. The minimum atomic E-state index is -0.0107. The molecule has 5 heteroatoms. The van der Waals surface area contributed by atoms with Crippen molar-refractivity contribution in [3.63, 3.8) is 0 Å². The lowest BCUT2D eigenvalue weighted by molar-refractivity contribution is 0.0727. The van der Waals surface area contributed by atoms with E-state index in [2.05, 4.69) is 6.92 Å². The Kier molecular flexibility index (Phi) is 4.12. The van der Waals surface area contributed by atoms with Gasteiger partial charge in [0.05, 0.1) is 6.54 Å². The molecule has 0 spiro atoms. The third-order valence-corrected chi connectivity index (χ3v) is 4.33. The second kappa shape index (κ2) is 5.60. The number of rotatable bonds is 3. The van der Waals surface area contributed by atoms with Crippen LogP contribution in [0.1, 0.15) is 29.7 Å². The van der Waals surface area contributed by atoms with Crippen molar-refractivity contribution in [2.75, 3.05) is 18.8 Å². The fourth-order valence-corrected chi connectivity index (χ4v) is 3.09. The maximum Gasteiger partial charge on any atom is 0.289 e. The van der Waals surface area contributed by atoms with Crippen LogP contribution in [-0.2, 0) is 6.54 Å². The highest BCUT2D eigenvalue weighted by atomic mass is 32.2. The first kappa shape index (κ1) is 12.5. The molecule has 1 saturated heterocycles. The van der Waals surface area contributed by atoms with Crippen LogP contribution in [0.5, 0.6) is 0 Å². The molecule has 1 aliphatic rings. The predicted molar refractivity (Wildman–Crippen MR) is 69.0 cm³/mol. The van der Waals surface area contributed by atoms with Gasteiger partial charge < -0.3 is 15.1 Å². The topological polar surface area (TPSA) is 59.5 Å². The second-order valence-electron chi connectivity index (χ2n) is 4.12. The molecule has 1 atom stereocenters. The highest BCUT2D eigenvalue weighted by Gasteiger charge is 2.25. The third-order valence-electron chi connectivity index (χ3n) is 2.95. The lowest BCUT2D eigenvalue weighted by Crippen LogP contribution is -2.41. The molecule has 0 aliphatic carbocycles. The molecule has 2 heterocycles. The van der Waals surface area contributed by atoms with Gasteiger partial charge >= 0.3 is 0 Å². The molecular weight excluding hydrogens is 236 g/mol. The van der Waals surface area contributed by atoms with Crippen LogP contribution >= 0.6 is 11.8 Å². The van der Waals surface area contributed by atoms with Gasteiger partial charge in [0, 0.05) is 24.1 Å². The van der Waals surface area contributed by atoms with E-state index in [4.69, 9.17) is 10.2 Å². The van der Waals surface area contributed by atoms with Gasteiger partial charge in [-0.05, 0) is 18.6 Å². The number of carbonyl (C=O) groups excluding carboxylic acids is 1. The number of nitrogens with zero attached hydrogens (tertiary/aromatic N) is 1. The molecule has 0 radical (unpaired) electrons. The molecule has 17 heavy (non-hydrogen) atoms. The minimum absolute atomic E-state index is 0.0107. The SMILES string of the molecule is CC[C@H]1CN(C(=O)c2ccc(CN)o2)CCS1. The lowest BCUT2D eigenvalue weighted by atomic mass is 10.2. The van der Waals surface area contributed by atoms with Crippen molar-refractivity contribution in [2.45, 2.75) is 25.1 Å². The van der Waals surface area contributed by atoms with E-state index in [0.29, 0.717) is 23.3 Å². The average Bonchev–Trinajstić information content (AvgIpc) is 2.86. The van der Waals surface area contributed by atoms with Crippen molar-refractivity contribution < 1.29 is 9.21 Å². The Morgan fingerprint density at radius 1 is 1.65 bits per heavy atom. The van der Waals surface area contributed by atoms with Gasteiger partial charge in [-0.2, -0.15) is 11.8 Å². The standard InChI is InChI=1S/C12H18N2O2S/c1-2-10-8-14(5-6-17-10)12(15)11-4-3-9(7-13)16-11/h3-4,10H,2,5-8,13H2,1H3/t10-/m0/s1. The summed E-state index contributed by atoms with van der Waals surface area (Å²) in [6, 6.07) is 3.48. The molecule has 0 aromatic carbocycles. The van der Waals surface area contributed by atoms with E-state index in [1.165, 1.54) is 0 Å². The summed E-state index contributed by atoms with van der Waals surface area (Å²) < 4.78 is 5.39. The maximum absolute atomic E-state index is 12.2. The summed E-state index contributed by atoms with van der Waals surface area (Å²) >= 11 is 1.94. The molecule has 1 amide bonds. The smallest absolute Gasteiger partial charge is 0.289 e. The number of furan rings is 1.